The molecule has 3 N–H and O–H groups in total. The predicted molar refractivity (Wildman–Crippen MR) is 98.2 cm³/mol. The Labute approximate surface area is 158 Å². The van der Waals surface area contributed by atoms with Crippen molar-refractivity contribution in [1.82, 2.24) is 0 Å². The second-order valence-electron chi connectivity index (χ2n) is 4.93. The van der Waals surface area contributed by atoms with Crippen LogP contribution in [0.5, 0.6) is 11.5 Å². The largest absolute Gasteiger partial charge is 0.493 e. The van der Waals surface area contributed by atoms with Gasteiger partial charge in [0, 0.05) is 17.3 Å². The third kappa shape index (κ3) is 5.00. The number of benzene rings is 2. The van der Waals surface area contributed by atoms with Gasteiger partial charge in [0.15, 0.2) is 11.5 Å². The van der Waals surface area contributed by atoms with E-state index in [9.17, 15) is 13.6 Å². The monoisotopic (exact) mass is 402 g/mol. The Hall–Kier alpha value is -2.51. The van der Waals surface area contributed by atoms with Gasteiger partial charge in [-0.25, -0.2) is 0 Å². The van der Waals surface area contributed by atoms with Gasteiger partial charge in [-0.1, -0.05) is 35.3 Å². The zero-order valence-electron chi connectivity index (χ0n) is 13.4. The molecule has 0 aliphatic rings. The Balaban J connectivity index is 2.20. The lowest BCUT2D eigenvalue weighted by molar-refractivity contribution is -0.111. The highest BCUT2D eigenvalue weighted by Crippen LogP contribution is 2.33. The van der Waals surface area contributed by atoms with Crippen molar-refractivity contribution < 1.29 is 23.0 Å². The molecule has 2 aromatic rings. The summed E-state index contributed by atoms with van der Waals surface area (Å²) in [7, 11) is 1.32. The van der Waals surface area contributed by atoms with Crippen LogP contribution < -0.4 is 20.5 Å². The first-order valence-electron chi connectivity index (χ1n) is 7.17. The molecule has 2 rings (SSSR count). The molecule has 0 unspecified atom stereocenters. The van der Waals surface area contributed by atoms with Crippen LogP contribution >= 0.6 is 23.2 Å². The molecule has 0 aliphatic heterocycles. The van der Waals surface area contributed by atoms with Crippen LogP contribution in [0.4, 0.5) is 20.2 Å². The fourth-order valence-corrected chi connectivity index (χ4v) is 2.53. The van der Waals surface area contributed by atoms with Crippen molar-refractivity contribution >= 4 is 46.6 Å². The van der Waals surface area contributed by atoms with E-state index in [1.165, 1.54) is 37.5 Å². The second kappa shape index (κ2) is 8.73. The summed E-state index contributed by atoms with van der Waals surface area (Å²) in [6.45, 7) is -3.04. The van der Waals surface area contributed by atoms with Crippen LogP contribution in [0.2, 0.25) is 10.0 Å². The van der Waals surface area contributed by atoms with Crippen LogP contribution in [0.3, 0.4) is 0 Å². The average Bonchev–Trinajstić information content (AvgIpc) is 2.58. The quantitative estimate of drug-likeness (QED) is 0.535. The first-order valence-corrected chi connectivity index (χ1v) is 7.92. The number of rotatable bonds is 6. The summed E-state index contributed by atoms with van der Waals surface area (Å²) in [5.74, 6) is -0.592. The third-order valence-corrected chi connectivity index (χ3v) is 3.82. The molecular formula is C17H14Cl2F2N2O3. The summed E-state index contributed by atoms with van der Waals surface area (Å²) in [6, 6.07) is 7.42. The van der Waals surface area contributed by atoms with Gasteiger partial charge in [0.1, 0.15) is 0 Å². The Morgan fingerprint density at radius 1 is 1.27 bits per heavy atom. The van der Waals surface area contributed by atoms with E-state index < -0.39 is 12.5 Å². The number of carbonyl (C=O) groups is 1. The van der Waals surface area contributed by atoms with Gasteiger partial charge in [-0.05, 0) is 24.3 Å². The summed E-state index contributed by atoms with van der Waals surface area (Å²) >= 11 is 11.8. The number of para-hydroxylation sites is 1. The summed E-state index contributed by atoms with van der Waals surface area (Å²) in [5.41, 5.74) is 6.40. The SMILES string of the molecule is COc1cccc(/C=C/C(=O)Nc2cc(Cl)c(N)c(Cl)c2)c1OC(F)F. The molecule has 0 aromatic heterocycles. The number of anilines is 2. The van der Waals surface area contributed by atoms with Gasteiger partial charge in [-0.3, -0.25) is 4.79 Å². The van der Waals surface area contributed by atoms with Crippen molar-refractivity contribution in [1.29, 1.82) is 0 Å². The second-order valence-corrected chi connectivity index (χ2v) is 5.75. The molecule has 0 heterocycles. The summed E-state index contributed by atoms with van der Waals surface area (Å²) in [6.07, 6.45) is 2.46. The van der Waals surface area contributed by atoms with Crippen molar-refractivity contribution in [3.05, 3.63) is 52.0 Å². The molecule has 0 aliphatic carbocycles. The normalized spacial score (nSPS) is 11.0. The molecule has 5 nitrogen and oxygen atoms in total. The minimum Gasteiger partial charge on any atom is -0.493 e. The van der Waals surface area contributed by atoms with Crippen LogP contribution in [0.15, 0.2) is 36.4 Å². The maximum absolute atomic E-state index is 12.6. The van der Waals surface area contributed by atoms with E-state index in [1.807, 2.05) is 0 Å². The number of carbonyl (C=O) groups excluding carboxylic acids is 1. The van der Waals surface area contributed by atoms with Crippen molar-refractivity contribution in [3.8, 4) is 11.5 Å². The van der Waals surface area contributed by atoms with E-state index in [-0.39, 0.29) is 32.8 Å². The number of methoxy groups -OCH3 is 1. The first-order chi connectivity index (χ1) is 12.3. The van der Waals surface area contributed by atoms with Gasteiger partial charge in [-0.2, -0.15) is 8.78 Å². The Kier molecular flexibility index (Phi) is 6.65. The van der Waals surface area contributed by atoms with Crippen LogP contribution in [-0.4, -0.2) is 19.6 Å². The molecule has 0 fully saturated rings. The fraction of sp³-hybridized carbons (Fsp3) is 0.118. The first kappa shape index (κ1) is 19.8. The average molecular weight is 403 g/mol. The Bertz CT molecular complexity index is 822. The number of hydrogen-bond acceptors (Lipinski definition) is 4. The minimum absolute atomic E-state index is 0.116. The van der Waals surface area contributed by atoms with Gasteiger partial charge in [-0.15, -0.1) is 0 Å². The number of nitrogens with one attached hydrogen (secondary N) is 1. The van der Waals surface area contributed by atoms with E-state index in [0.717, 1.165) is 6.08 Å². The van der Waals surface area contributed by atoms with E-state index in [0.29, 0.717) is 5.69 Å². The molecule has 0 saturated heterocycles. The summed E-state index contributed by atoms with van der Waals surface area (Å²) in [5, 5.41) is 2.92. The van der Waals surface area contributed by atoms with E-state index in [4.69, 9.17) is 33.7 Å². The zero-order chi connectivity index (χ0) is 19.3. The predicted octanol–water partition coefficient (Wildman–Crippen LogP) is 4.84. The maximum atomic E-state index is 12.6. The smallest absolute Gasteiger partial charge is 0.387 e. The molecule has 0 atom stereocenters. The van der Waals surface area contributed by atoms with Gasteiger partial charge < -0.3 is 20.5 Å². The lowest BCUT2D eigenvalue weighted by atomic mass is 10.1. The highest BCUT2D eigenvalue weighted by molar-refractivity contribution is 6.39. The van der Waals surface area contributed by atoms with E-state index >= 15 is 0 Å². The number of alkyl halides is 2. The Morgan fingerprint density at radius 2 is 1.92 bits per heavy atom. The summed E-state index contributed by atoms with van der Waals surface area (Å²) < 4.78 is 34.7. The number of amides is 1. The number of hydrogen-bond donors (Lipinski definition) is 2. The summed E-state index contributed by atoms with van der Waals surface area (Å²) in [4.78, 5) is 12.0. The van der Waals surface area contributed by atoms with Crippen molar-refractivity contribution in [2.45, 2.75) is 6.61 Å². The van der Waals surface area contributed by atoms with Gasteiger partial charge in [0.05, 0.1) is 22.8 Å². The van der Waals surface area contributed by atoms with Crippen molar-refractivity contribution in [3.63, 3.8) is 0 Å². The van der Waals surface area contributed by atoms with Crippen LogP contribution in [0, 0.1) is 0 Å². The molecule has 138 valence electrons. The van der Waals surface area contributed by atoms with E-state index in [2.05, 4.69) is 10.1 Å². The number of halogens is 4. The topological polar surface area (TPSA) is 73.6 Å². The number of nitrogens with two attached hydrogens (primary N) is 1. The van der Waals surface area contributed by atoms with Crippen LogP contribution in [-0.2, 0) is 4.79 Å². The number of nitrogen functional groups attached to an aromatic ring is 1. The molecule has 0 bridgehead atoms. The molecule has 0 radical (unpaired) electrons. The van der Waals surface area contributed by atoms with Crippen molar-refractivity contribution in [2.75, 3.05) is 18.2 Å². The highest BCUT2D eigenvalue weighted by atomic mass is 35.5. The molecule has 1 amide bonds. The third-order valence-electron chi connectivity index (χ3n) is 3.20. The molecule has 2 aromatic carbocycles. The molecule has 26 heavy (non-hydrogen) atoms. The Morgan fingerprint density at radius 3 is 2.50 bits per heavy atom. The number of ether oxygens (including phenoxy) is 2. The van der Waals surface area contributed by atoms with Gasteiger partial charge >= 0.3 is 6.61 Å². The highest BCUT2D eigenvalue weighted by Gasteiger charge is 2.14. The van der Waals surface area contributed by atoms with Crippen molar-refractivity contribution in [2.24, 2.45) is 0 Å². The van der Waals surface area contributed by atoms with Crippen LogP contribution in [0.25, 0.3) is 6.08 Å². The zero-order valence-corrected chi connectivity index (χ0v) is 14.9. The maximum Gasteiger partial charge on any atom is 0.387 e. The van der Waals surface area contributed by atoms with Gasteiger partial charge in [0.25, 0.3) is 0 Å². The molecular weight excluding hydrogens is 389 g/mol. The molecule has 9 heteroatoms. The van der Waals surface area contributed by atoms with Gasteiger partial charge in [0.2, 0.25) is 5.91 Å². The van der Waals surface area contributed by atoms with Crippen LogP contribution in [0.1, 0.15) is 5.56 Å². The fourth-order valence-electron chi connectivity index (χ4n) is 2.05. The lowest BCUT2D eigenvalue weighted by Gasteiger charge is -2.12. The minimum atomic E-state index is -3.04. The standard InChI is InChI=1S/C17H14Cl2F2N2O3/c1-25-13-4-2-3-9(16(13)26-17(20)21)5-6-14(24)23-10-7-11(18)15(22)12(19)8-10/h2-8,17H,22H2,1H3,(H,23,24)/b6-5+. The molecule has 0 saturated carbocycles. The van der Waals surface area contributed by atoms with E-state index in [1.54, 1.807) is 6.07 Å². The molecule has 0 spiro atoms. The lowest BCUT2D eigenvalue weighted by Crippen LogP contribution is -2.08.